The van der Waals surface area contributed by atoms with E-state index in [-0.39, 0.29) is 17.3 Å². The summed E-state index contributed by atoms with van der Waals surface area (Å²) in [6.45, 7) is 1.31. The van der Waals surface area contributed by atoms with E-state index >= 15 is 0 Å². The Morgan fingerprint density at radius 2 is 1.94 bits per heavy atom. The highest BCUT2D eigenvalue weighted by atomic mass is 16.4. The second-order valence-corrected chi connectivity index (χ2v) is 3.64. The number of carboxylic acids is 1. The standard InChI is InChI=1S/C12H11N3O3/c1-8(16)14-11-10(12(17)18)7-13-15(11)9-5-3-2-4-6-9/h2-7H,1H3,(H,14,16)(H,17,18). The Balaban J connectivity index is 2.54. The van der Waals surface area contributed by atoms with Crippen molar-refractivity contribution in [3.8, 4) is 5.69 Å². The average Bonchev–Trinajstić information content (AvgIpc) is 2.73. The number of para-hydroxylation sites is 1. The summed E-state index contributed by atoms with van der Waals surface area (Å²) >= 11 is 0. The first-order valence-electron chi connectivity index (χ1n) is 5.24. The van der Waals surface area contributed by atoms with Crippen molar-refractivity contribution in [1.29, 1.82) is 0 Å². The van der Waals surface area contributed by atoms with Crippen molar-refractivity contribution in [2.45, 2.75) is 6.92 Å². The van der Waals surface area contributed by atoms with E-state index in [9.17, 15) is 9.59 Å². The molecule has 1 aromatic heterocycles. The van der Waals surface area contributed by atoms with E-state index in [1.807, 2.05) is 6.07 Å². The van der Waals surface area contributed by atoms with E-state index in [1.54, 1.807) is 24.3 Å². The minimum absolute atomic E-state index is 0.0472. The van der Waals surface area contributed by atoms with Crippen LogP contribution in [0.25, 0.3) is 5.69 Å². The maximum atomic E-state index is 11.1. The number of carboxylic acid groups (broad SMARTS) is 1. The highest BCUT2D eigenvalue weighted by molar-refractivity contribution is 5.98. The highest BCUT2D eigenvalue weighted by Gasteiger charge is 2.18. The minimum atomic E-state index is -1.14. The van der Waals surface area contributed by atoms with Crippen LogP contribution in [0.3, 0.4) is 0 Å². The number of nitrogens with zero attached hydrogens (tertiary/aromatic N) is 2. The molecule has 0 bridgehead atoms. The maximum Gasteiger partial charge on any atom is 0.341 e. The number of aromatic nitrogens is 2. The monoisotopic (exact) mass is 245 g/mol. The van der Waals surface area contributed by atoms with Gasteiger partial charge in [0.15, 0.2) is 5.82 Å². The molecule has 18 heavy (non-hydrogen) atoms. The van der Waals surface area contributed by atoms with Gasteiger partial charge >= 0.3 is 5.97 Å². The molecule has 0 saturated heterocycles. The third-order valence-electron chi connectivity index (χ3n) is 2.29. The number of rotatable bonds is 3. The van der Waals surface area contributed by atoms with E-state index < -0.39 is 5.97 Å². The van der Waals surface area contributed by atoms with E-state index in [1.165, 1.54) is 17.8 Å². The molecule has 2 aromatic rings. The molecule has 1 amide bonds. The molecule has 1 aromatic carbocycles. The Kier molecular flexibility index (Phi) is 3.09. The molecule has 2 N–H and O–H groups in total. The first kappa shape index (κ1) is 11.8. The molecular formula is C12H11N3O3. The summed E-state index contributed by atoms with van der Waals surface area (Å²) in [4.78, 5) is 22.2. The largest absolute Gasteiger partial charge is 0.477 e. The summed E-state index contributed by atoms with van der Waals surface area (Å²) in [6.07, 6.45) is 1.21. The summed E-state index contributed by atoms with van der Waals surface area (Å²) < 4.78 is 1.38. The predicted molar refractivity (Wildman–Crippen MR) is 64.8 cm³/mol. The van der Waals surface area contributed by atoms with Crippen LogP contribution in [-0.4, -0.2) is 26.8 Å². The summed E-state index contributed by atoms with van der Waals surface area (Å²) in [7, 11) is 0. The van der Waals surface area contributed by atoms with Crippen molar-refractivity contribution in [1.82, 2.24) is 9.78 Å². The normalized spacial score (nSPS) is 10.1. The lowest BCUT2D eigenvalue weighted by Gasteiger charge is -2.08. The molecule has 0 atom stereocenters. The number of aromatic carboxylic acids is 1. The Morgan fingerprint density at radius 1 is 1.28 bits per heavy atom. The Morgan fingerprint density at radius 3 is 2.50 bits per heavy atom. The third-order valence-corrected chi connectivity index (χ3v) is 2.29. The number of nitrogens with one attached hydrogen (secondary N) is 1. The van der Waals surface area contributed by atoms with Gasteiger partial charge in [-0.15, -0.1) is 0 Å². The molecule has 92 valence electrons. The predicted octanol–water partition coefficient (Wildman–Crippen LogP) is 1.53. The van der Waals surface area contributed by atoms with Gasteiger partial charge in [0.05, 0.1) is 11.9 Å². The van der Waals surface area contributed by atoms with Gasteiger partial charge in [0.1, 0.15) is 5.56 Å². The van der Waals surface area contributed by atoms with Gasteiger partial charge in [-0.3, -0.25) is 4.79 Å². The molecule has 2 rings (SSSR count). The van der Waals surface area contributed by atoms with Crippen molar-refractivity contribution >= 4 is 17.7 Å². The summed E-state index contributed by atoms with van der Waals surface area (Å²) in [5.41, 5.74) is 0.628. The lowest BCUT2D eigenvalue weighted by Crippen LogP contribution is -2.13. The van der Waals surface area contributed by atoms with Gasteiger partial charge < -0.3 is 10.4 Å². The van der Waals surface area contributed by atoms with Gasteiger partial charge in [-0.25, -0.2) is 9.48 Å². The van der Waals surface area contributed by atoms with Crippen molar-refractivity contribution in [3.63, 3.8) is 0 Å². The molecule has 0 saturated carbocycles. The molecule has 0 fully saturated rings. The molecule has 0 aliphatic rings. The zero-order valence-corrected chi connectivity index (χ0v) is 9.62. The number of anilines is 1. The lowest BCUT2D eigenvalue weighted by atomic mass is 10.3. The summed E-state index contributed by atoms with van der Waals surface area (Å²) in [5, 5.41) is 15.5. The van der Waals surface area contributed by atoms with E-state index in [0.717, 1.165) is 0 Å². The van der Waals surface area contributed by atoms with Crippen molar-refractivity contribution < 1.29 is 14.7 Å². The Hall–Kier alpha value is -2.63. The van der Waals surface area contributed by atoms with Crippen molar-refractivity contribution in [3.05, 3.63) is 42.1 Å². The number of carbonyl (C=O) groups excluding carboxylic acids is 1. The van der Waals surface area contributed by atoms with E-state index in [2.05, 4.69) is 10.4 Å². The molecule has 6 heteroatoms. The van der Waals surface area contributed by atoms with Crippen molar-refractivity contribution in [2.75, 3.05) is 5.32 Å². The maximum absolute atomic E-state index is 11.1. The summed E-state index contributed by atoms with van der Waals surface area (Å²) in [6, 6.07) is 8.97. The van der Waals surface area contributed by atoms with Gasteiger partial charge in [0.2, 0.25) is 5.91 Å². The number of hydrogen-bond donors (Lipinski definition) is 2. The van der Waals surface area contributed by atoms with Crippen LogP contribution in [-0.2, 0) is 4.79 Å². The number of carbonyl (C=O) groups is 2. The fourth-order valence-electron chi connectivity index (χ4n) is 1.56. The zero-order chi connectivity index (χ0) is 13.1. The molecule has 6 nitrogen and oxygen atoms in total. The molecule has 0 radical (unpaired) electrons. The second-order valence-electron chi connectivity index (χ2n) is 3.64. The highest BCUT2D eigenvalue weighted by Crippen LogP contribution is 2.20. The van der Waals surface area contributed by atoms with Crippen LogP contribution in [0.5, 0.6) is 0 Å². The number of hydrogen-bond acceptors (Lipinski definition) is 3. The first-order valence-corrected chi connectivity index (χ1v) is 5.24. The van der Waals surface area contributed by atoms with Gasteiger partial charge in [0.25, 0.3) is 0 Å². The van der Waals surface area contributed by atoms with Crippen LogP contribution in [0.2, 0.25) is 0 Å². The zero-order valence-electron chi connectivity index (χ0n) is 9.62. The van der Waals surface area contributed by atoms with Crippen LogP contribution in [0.1, 0.15) is 17.3 Å². The molecule has 0 spiro atoms. The number of benzene rings is 1. The fraction of sp³-hybridized carbons (Fsp3) is 0.0833. The molecule has 0 aliphatic carbocycles. The first-order chi connectivity index (χ1) is 8.59. The average molecular weight is 245 g/mol. The van der Waals surface area contributed by atoms with Gasteiger partial charge in [-0.1, -0.05) is 18.2 Å². The lowest BCUT2D eigenvalue weighted by molar-refractivity contribution is -0.114. The summed E-state index contributed by atoms with van der Waals surface area (Å²) in [5.74, 6) is -1.34. The van der Waals surface area contributed by atoms with E-state index in [0.29, 0.717) is 5.69 Å². The fourth-order valence-corrected chi connectivity index (χ4v) is 1.56. The van der Waals surface area contributed by atoms with Crippen LogP contribution in [0, 0.1) is 0 Å². The molecule has 1 heterocycles. The number of amides is 1. The van der Waals surface area contributed by atoms with Gasteiger partial charge in [-0.2, -0.15) is 5.10 Å². The second kappa shape index (κ2) is 4.70. The van der Waals surface area contributed by atoms with Gasteiger partial charge in [0, 0.05) is 6.92 Å². The minimum Gasteiger partial charge on any atom is -0.477 e. The van der Waals surface area contributed by atoms with Crippen LogP contribution in [0.15, 0.2) is 36.5 Å². The Bertz CT molecular complexity index is 590. The topological polar surface area (TPSA) is 84.2 Å². The molecule has 0 unspecified atom stereocenters. The van der Waals surface area contributed by atoms with Crippen LogP contribution < -0.4 is 5.32 Å². The van der Waals surface area contributed by atoms with Crippen LogP contribution in [0.4, 0.5) is 5.82 Å². The quantitative estimate of drug-likeness (QED) is 0.858. The molecule has 0 aliphatic heterocycles. The van der Waals surface area contributed by atoms with Crippen LogP contribution >= 0.6 is 0 Å². The van der Waals surface area contributed by atoms with E-state index in [4.69, 9.17) is 5.11 Å². The van der Waals surface area contributed by atoms with Crippen molar-refractivity contribution in [2.24, 2.45) is 0 Å². The smallest absolute Gasteiger partial charge is 0.341 e. The Labute approximate surface area is 103 Å². The third kappa shape index (κ3) is 2.22. The molecular weight excluding hydrogens is 234 g/mol. The SMILES string of the molecule is CC(=O)Nc1c(C(=O)O)cnn1-c1ccccc1. The van der Waals surface area contributed by atoms with Gasteiger partial charge in [-0.05, 0) is 12.1 Å².